The number of nitrogens with zero attached hydrogens (tertiary/aromatic N) is 1. The lowest BCUT2D eigenvalue weighted by Gasteiger charge is -2.18. The number of esters is 1. The van der Waals surface area contributed by atoms with E-state index in [9.17, 15) is 29.6 Å². The highest BCUT2D eigenvalue weighted by Gasteiger charge is 2.23. The summed E-state index contributed by atoms with van der Waals surface area (Å²) in [7, 11) is 1.16. The second-order valence-corrected chi connectivity index (χ2v) is 7.07. The van der Waals surface area contributed by atoms with E-state index in [0.717, 1.165) is 12.7 Å². The number of carbonyl (C=O) groups is 3. The Morgan fingerprint density at radius 2 is 1.73 bits per heavy atom. The second-order valence-electron chi connectivity index (χ2n) is 7.07. The number of nitro groups is 1. The maximum Gasteiger partial charge on any atom is 0.407 e. The van der Waals surface area contributed by atoms with Gasteiger partial charge in [-0.3, -0.25) is 14.9 Å². The van der Waals surface area contributed by atoms with E-state index in [1.807, 2.05) is 18.2 Å². The summed E-state index contributed by atoms with van der Waals surface area (Å²) in [6, 6.07) is 13.5. The summed E-state index contributed by atoms with van der Waals surface area (Å²) < 4.78 is 9.72. The molecule has 0 aliphatic carbocycles. The van der Waals surface area contributed by atoms with E-state index >= 15 is 0 Å². The third-order valence-corrected chi connectivity index (χ3v) is 4.52. The fourth-order valence-electron chi connectivity index (χ4n) is 2.84. The third kappa shape index (κ3) is 8.95. The summed E-state index contributed by atoms with van der Waals surface area (Å²) in [5.74, 6) is -1.35. The largest absolute Gasteiger partial charge is 0.467 e. The summed E-state index contributed by atoms with van der Waals surface area (Å²) in [5, 5.41) is 25.6. The molecule has 176 valence electrons. The fraction of sp³-hybridized carbons (Fsp3) is 0.318. The molecule has 2 atom stereocenters. The van der Waals surface area contributed by atoms with E-state index in [-0.39, 0.29) is 31.7 Å². The van der Waals surface area contributed by atoms with E-state index in [4.69, 9.17) is 9.47 Å². The molecule has 0 spiro atoms. The number of methoxy groups -OCH3 is 1. The van der Waals surface area contributed by atoms with Gasteiger partial charge in [-0.2, -0.15) is 0 Å². The van der Waals surface area contributed by atoms with E-state index in [1.165, 1.54) is 24.3 Å². The van der Waals surface area contributed by atoms with Gasteiger partial charge in [-0.15, -0.1) is 0 Å². The molecule has 0 unspecified atom stereocenters. The minimum Gasteiger partial charge on any atom is -0.467 e. The van der Waals surface area contributed by atoms with Gasteiger partial charge in [0, 0.05) is 25.1 Å². The number of hydrogen-bond donors (Lipinski definition) is 3. The highest BCUT2D eigenvalue weighted by molar-refractivity contribution is 5.85. The quantitative estimate of drug-likeness (QED) is 0.259. The molecule has 11 nitrogen and oxygen atoms in total. The molecule has 0 aliphatic heterocycles. The summed E-state index contributed by atoms with van der Waals surface area (Å²) >= 11 is 0. The van der Waals surface area contributed by atoms with E-state index in [2.05, 4.69) is 10.6 Å². The highest BCUT2D eigenvalue weighted by Crippen LogP contribution is 2.14. The van der Waals surface area contributed by atoms with Gasteiger partial charge in [0.2, 0.25) is 5.91 Å². The molecule has 0 heterocycles. The highest BCUT2D eigenvalue weighted by atomic mass is 16.6. The molecule has 0 fully saturated rings. The van der Waals surface area contributed by atoms with Gasteiger partial charge in [-0.25, -0.2) is 9.59 Å². The smallest absolute Gasteiger partial charge is 0.407 e. The first-order valence-corrected chi connectivity index (χ1v) is 10.0. The van der Waals surface area contributed by atoms with Crippen LogP contribution in [0.1, 0.15) is 17.5 Å². The van der Waals surface area contributed by atoms with Crippen LogP contribution in [0.5, 0.6) is 0 Å². The van der Waals surface area contributed by atoms with Crippen molar-refractivity contribution in [3.63, 3.8) is 0 Å². The molecule has 33 heavy (non-hydrogen) atoms. The first kappa shape index (κ1) is 25.3. The zero-order valence-electron chi connectivity index (χ0n) is 17.9. The average molecular weight is 459 g/mol. The number of amides is 2. The lowest BCUT2D eigenvalue weighted by Crippen LogP contribution is -2.45. The van der Waals surface area contributed by atoms with Crippen molar-refractivity contribution in [2.45, 2.75) is 31.6 Å². The number of alkyl carbamates (subject to hydrolysis) is 1. The number of benzene rings is 2. The van der Waals surface area contributed by atoms with Crippen molar-refractivity contribution < 1.29 is 33.9 Å². The number of hydrogen-bond acceptors (Lipinski definition) is 8. The van der Waals surface area contributed by atoms with Crippen molar-refractivity contribution in [2.24, 2.45) is 0 Å². The predicted molar refractivity (Wildman–Crippen MR) is 116 cm³/mol. The Morgan fingerprint density at radius 3 is 2.33 bits per heavy atom. The van der Waals surface area contributed by atoms with Crippen LogP contribution in [-0.2, 0) is 32.1 Å². The van der Waals surface area contributed by atoms with E-state index in [1.54, 1.807) is 12.1 Å². The molecule has 0 saturated heterocycles. The summed E-state index contributed by atoms with van der Waals surface area (Å²) in [6.45, 7) is -0.168. The second kappa shape index (κ2) is 12.8. The predicted octanol–water partition coefficient (Wildman–Crippen LogP) is 1.47. The molecule has 3 N–H and O–H groups in total. The van der Waals surface area contributed by atoms with Gasteiger partial charge < -0.3 is 25.2 Å². The average Bonchev–Trinajstić information content (AvgIpc) is 2.81. The summed E-state index contributed by atoms with van der Waals surface area (Å²) in [4.78, 5) is 46.2. The molecule has 2 amide bonds. The van der Waals surface area contributed by atoms with Crippen LogP contribution in [-0.4, -0.2) is 53.8 Å². The Hall–Kier alpha value is -3.99. The van der Waals surface area contributed by atoms with Crippen molar-refractivity contribution >= 4 is 23.7 Å². The number of aliphatic hydroxyl groups is 1. The number of carbonyl (C=O) groups excluding carboxylic acids is 3. The zero-order chi connectivity index (χ0) is 24.2. The fourth-order valence-corrected chi connectivity index (χ4v) is 2.84. The van der Waals surface area contributed by atoms with Crippen LogP contribution in [0.3, 0.4) is 0 Å². The molecule has 0 aliphatic rings. The monoisotopic (exact) mass is 459 g/mol. The topological polar surface area (TPSA) is 157 Å². The van der Waals surface area contributed by atoms with Crippen molar-refractivity contribution in [1.29, 1.82) is 0 Å². The third-order valence-electron chi connectivity index (χ3n) is 4.52. The maximum absolute atomic E-state index is 12.3. The first-order valence-electron chi connectivity index (χ1n) is 10.0. The number of rotatable bonds is 11. The maximum atomic E-state index is 12.3. The molecule has 11 heteroatoms. The standard InChI is InChI=1S/C22H25N3O8/c1-32-21(28)19(11-15-7-9-17(10-8-15)25(30)31)24-20(27)12-18(26)13-23-22(29)33-14-16-5-3-2-4-6-16/h2-10,18-19,26H,11-14H2,1H3,(H,23,29)(H,24,27)/t18-,19+/m0/s1. The first-order chi connectivity index (χ1) is 15.8. The van der Waals surface area contributed by atoms with Crippen LogP contribution in [0.2, 0.25) is 0 Å². The Bertz CT molecular complexity index is 950. The van der Waals surface area contributed by atoms with Crippen LogP contribution in [0.25, 0.3) is 0 Å². The minimum absolute atomic E-state index is 0.0383. The van der Waals surface area contributed by atoms with Crippen LogP contribution in [0.4, 0.5) is 10.5 Å². The van der Waals surface area contributed by atoms with Crippen LogP contribution in [0.15, 0.2) is 54.6 Å². The Morgan fingerprint density at radius 1 is 1.06 bits per heavy atom. The van der Waals surface area contributed by atoms with Gasteiger partial charge in [0.1, 0.15) is 12.6 Å². The molecule has 2 aromatic rings. The van der Waals surface area contributed by atoms with Gasteiger partial charge in [-0.1, -0.05) is 42.5 Å². The molecule has 2 rings (SSSR count). The number of nitrogens with one attached hydrogen (secondary N) is 2. The SMILES string of the molecule is COC(=O)[C@@H](Cc1ccc([N+](=O)[O-])cc1)NC(=O)C[C@H](O)CNC(=O)OCc1ccccc1. The Labute approximate surface area is 189 Å². The zero-order valence-corrected chi connectivity index (χ0v) is 17.9. The number of aliphatic hydroxyl groups excluding tert-OH is 1. The number of nitro benzene ring substituents is 1. The van der Waals surface area contributed by atoms with E-state index in [0.29, 0.717) is 5.56 Å². The molecular formula is C22H25N3O8. The van der Waals surface area contributed by atoms with Crippen molar-refractivity contribution in [1.82, 2.24) is 10.6 Å². The number of ether oxygens (including phenoxy) is 2. The van der Waals surface area contributed by atoms with Crippen molar-refractivity contribution in [3.8, 4) is 0 Å². The molecule has 0 aromatic heterocycles. The van der Waals surface area contributed by atoms with Gasteiger partial charge in [0.25, 0.3) is 5.69 Å². The van der Waals surface area contributed by atoms with Crippen LogP contribution in [0, 0.1) is 10.1 Å². The molecule has 0 bridgehead atoms. The Kier molecular flexibility index (Phi) is 9.78. The molecular weight excluding hydrogens is 434 g/mol. The minimum atomic E-state index is -1.22. The van der Waals surface area contributed by atoms with Crippen LogP contribution < -0.4 is 10.6 Å². The van der Waals surface area contributed by atoms with Gasteiger partial charge in [0.05, 0.1) is 24.6 Å². The molecule has 2 aromatic carbocycles. The molecule has 0 saturated carbocycles. The Balaban J connectivity index is 1.80. The van der Waals surface area contributed by atoms with Gasteiger partial charge in [0.15, 0.2) is 0 Å². The van der Waals surface area contributed by atoms with Gasteiger partial charge in [-0.05, 0) is 11.1 Å². The van der Waals surface area contributed by atoms with E-state index < -0.39 is 35.0 Å². The lowest BCUT2D eigenvalue weighted by molar-refractivity contribution is -0.384. The van der Waals surface area contributed by atoms with Gasteiger partial charge >= 0.3 is 12.1 Å². The summed E-state index contributed by atoms with van der Waals surface area (Å²) in [5.41, 5.74) is 1.27. The van der Waals surface area contributed by atoms with Crippen molar-refractivity contribution in [2.75, 3.05) is 13.7 Å². The molecule has 0 radical (unpaired) electrons. The number of non-ortho nitro benzene ring substituents is 1. The normalized spacial score (nSPS) is 12.2. The lowest BCUT2D eigenvalue weighted by atomic mass is 10.0. The van der Waals surface area contributed by atoms with Crippen LogP contribution >= 0.6 is 0 Å². The van der Waals surface area contributed by atoms with Crippen molar-refractivity contribution in [3.05, 3.63) is 75.8 Å². The summed E-state index contributed by atoms with van der Waals surface area (Å²) in [6.07, 6.45) is -2.31.